The molecule has 1 nitrogen and oxygen atoms in total. The molecular formula is C13H9BrF2O. The van der Waals surface area contributed by atoms with E-state index in [1.54, 1.807) is 6.07 Å². The van der Waals surface area contributed by atoms with Gasteiger partial charge in [-0.1, -0.05) is 28.1 Å². The fourth-order valence-corrected chi connectivity index (χ4v) is 1.96. The van der Waals surface area contributed by atoms with E-state index in [1.165, 1.54) is 36.4 Å². The molecule has 0 saturated heterocycles. The van der Waals surface area contributed by atoms with Crippen LogP contribution in [0.2, 0.25) is 0 Å². The van der Waals surface area contributed by atoms with Gasteiger partial charge >= 0.3 is 0 Å². The molecule has 0 aliphatic rings. The summed E-state index contributed by atoms with van der Waals surface area (Å²) in [4.78, 5) is 0. The molecule has 0 aliphatic heterocycles. The molecule has 0 amide bonds. The van der Waals surface area contributed by atoms with Crippen LogP contribution in [0.3, 0.4) is 0 Å². The van der Waals surface area contributed by atoms with E-state index in [-0.39, 0.29) is 5.56 Å². The van der Waals surface area contributed by atoms with Crippen LogP contribution in [0.25, 0.3) is 0 Å². The fourth-order valence-electron chi connectivity index (χ4n) is 1.58. The Morgan fingerprint density at radius 2 is 1.82 bits per heavy atom. The minimum absolute atomic E-state index is 0.116. The van der Waals surface area contributed by atoms with Gasteiger partial charge in [-0.15, -0.1) is 0 Å². The minimum Gasteiger partial charge on any atom is -0.384 e. The predicted molar refractivity (Wildman–Crippen MR) is 64.6 cm³/mol. The molecule has 0 fully saturated rings. The van der Waals surface area contributed by atoms with E-state index in [4.69, 9.17) is 0 Å². The van der Waals surface area contributed by atoms with Gasteiger partial charge in [-0.2, -0.15) is 0 Å². The molecule has 2 aromatic rings. The smallest absolute Gasteiger partial charge is 0.129 e. The third-order valence-electron chi connectivity index (χ3n) is 2.42. The second-order valence-corrected chi connectivity index (χ2v) is 4.54. The number of aliphatic hydroxyl groups is 1. The zero-order chi connectivity index (χ0) is 12.4. The highest BCUT2D eigenvalue weighted by molar-refractivity contribution is 9.10. The Balaban J connectivity index is 2.43. The van der Waals surface area contributed by atoms with Crippen LogP contribution in [0.1, 0.15) is 17.2 Å². The van der Waals surface area contributed by atoms with Gasteiger partial charge in [0.2, 0.25) is 0 Å². The lowest BCUT2D eigenvalue weighted by atomic mass is 10.0. The molecular weight excluding hydrogens is 290 g/mol. The molecule has 2 rings (SSSR count). The van der Waals surface area contributed by atoms with E-state index in [2.05, 4.69) is 15.9 Å². The summed E-state index contributed by atoms with van der Waals surface area (Å²) in [6, 6.07) is 9.75. The molecule has 0 radical (unpaired) electrons. The molecule has 0 heterocycles. The first-order valence-electron chi connectivity index (χ1n) is 4.96. The number of rotatable bonds is 2. The van der Waals surface area contributed by atoms with Crippen molar-refractivity contribution in [1.29, 1.82) is 0 Å². The Morgan fingerprint density at radius 3 is 2.53 bits per heavy atom. The number of aliphatic hydroxyl groups excluding tert-OH is 1. The summed E-state index contributed by atoms with van der Waals surface area (Å²) in [5, 5.41) is 9.99. The molecule has 0 unspecified atom stereocenters. The lowest BCUT2D eigenvalue weighted by molar-refractivity contribution is 0.214. The summed E-state index contributed by atoms with van der Waals surface area (Å²) in [5.74, 6) is -0.984. The fraction of sp³-hybridized carbons (Fsp3) is 0.0769. The van der Waals surface area contributed by atoms with Gasteiger partial charge in [0.15, 0.2) is 0 Å². The summed E-state index contributed by atoms with van der Waals surface area (Å²) >= 11 is 3.20. The van der Waals surface area contributed by atoms with E-state index in [9.17, 15) is 13.9 Å². The van der Waals surface area contributed by atoms with Crippen LogP contribution in [0, 0.1) is 11.6 Å². The molecule has 0 bridgehead atoms. The maximum atomic E-state index is 13.5. The zero-order valence-corrected chi connectivity index (χ0v) is 10.3. The van der Waals surface area contributed by atoms with E-state index < -0.39 is 17.7 Å². The first kappa shape index (κ1) is 12.2. The van der Waals surface area contributed by atoms with Gasteiger partial charge in [-0.25, -0.2) is 8.78 Å². The van der Waals surface area contributed by atoms with Crippen molar-refractivity contribution in [3.8, 4) is 0 Å². The first-order chi connectivity index (χ1) is 8.08. The molecule has 1 atom stereocenters. The number of hydrogen-bond donors (Lipinski definition) is 1. The predicted octanol–water partition coefficient (Wildman–Crippen LogP) is 3.81. The van der Waals surface area contributed by atoms with Gasteiger partial charge in [0.05, 0.1) is 0 Å². The molecule has 0 saturated carbocycles. The number of hydrogen-bond acceptors (Lipinski definition) is 1. The van der Waals surface area contributed by atoms with E-state index in [1.807, 2.05) is 0 Å². The first-order valence-corrected chi connectivity index (χ1v) is 5.75. The van der Waals surface area contributed by atoms with Crippen LogP contribution < -0.4 is 0 Å². The highest BCUT2D eigenvalue weighted by Gasteiger charge is 2.15. The zero-order valence-electron chi connectivity index (χ0n) is 8.70. The topological polar surface area (TPSA) is 20.2 Å². The Kier molecular flexibility index (Phi) is 3.54. The molecule has 0 aliphatic carbocycles. The van der Waals surface area contributed by atoms with Gasteiger partial charge in [-0.3, -0.25) is 0 Å². The van der Waals surface area contributed by atoms with Gasteiger partial charge in [0.25, 0.3) is 0 Å². The summed E-state index contributed by atoms with van der Waals surface area (Å²) in [5.41, 5.74) is 0.437. The monoisotopic (exact) mass is 298 g/mol. The highest BCUT2D eigenvalue weighted by Crippen LogP contribution is 2.27. The van der Waals surface area contributed by atoms with Crippen molar-refractivity contribution < 1.29 is 13.9 Å². The third kappa shape index (κ3) is 2.70. The summed E-state index contributed by atoms with van der Waals surface area (Å²) in [6.45, 7) is 0. The largest absolute Gasteiger partial charge is 0.384 e. The average Bonchev–Trinajstić information content (AvgIpc) is 2.31. The van der Waals surface area contributed by atoms with Crippen molar-refractivity contribution in [2.24, 2.45) is 0 Å². The molecule has 4 heteroatoms. The maximum absolute atomic E-state index is 13.5. The normalized spacial score (nSPS) is 12.5. The third-order valence-corrected chi connectivity index (χ3v) is 2.91. The van der Waals surface area contributed by atoms with Crippen molar-refractivity contribution in [3.63, 3.8) is 0 Å². The Morgan fingerprint density at radius 1 is 1.06 bits per heavy atom. The summed E-state index contributed by atoms with van der Waals surface area (Å²) < 4.78 is 27.2. The van der Waals surface area contributed by atoms with Gasteiger partial charge in [0, 0.05) is 10.0 Å². The second kappa shape index (κ2) is 4.94. The van der Waals surface area contributed by atoms with Crippen molar-refractivity contribution in [3.05, 3.63) is 69.7 Å². The lowest BCUT2D eigenvalue weighted by Gasteiger charge is -2.12. The van der Waals surface area contributed by atoms with Crippen LogP contribution in [-0.2, 0) is 0 Å². The molecule has 1 N–H and O–H groups in total. The highest BCUT2D eigenvalue weighted by atomic mass is 79.9. The van der Waals surface area contributed by atoms with E-state index in [0.29, 0.717) is 10.0 Å². The molecule has 0 aromatic heterocycles. The maximum Gasteiger partial charge on any atom is 0.129 e. The van der Waals surface area contributed by atoms with Crippen molar-refractivity contribution >= 4 is 15.9 Å². The standard InChI is InChI=1S/C13H9BrF2O/c14-9-4-5-12(16)11(7-9)13(17)8-2-1-3-10(15)6-8/h1-7,13,17H/t13-/m0/s1. The van der Waals surface area contributed by atoms with Gasteiger partial charge < -0.3 is 5.11 Å². The SMILES string of the molecule is O[C@@H](c1cccc(F)c1)c1cc(Br)ccc1F. The van der Waals surface area contributed by atoms with Crippen LogP contribution in [0.5, 0.6) is 0 Å². The van der Waals surface area contributed by atoms with Crippen LogP contribution in [-0.4, -0.2) is 5.11 Å². The minimum atomic E-state index is -1.18. The van der Waals surface area contributed by atoms with Crippen LogP contribution >= 0.6 is 15.9 Å². The van der Waals surface area contributed by atoms with E-state index >= 15 is 0 Å². The molecule has 17 heavy (non-hydrogen) atoms. The van der Waals surface area contributed by atoms with Gasteiger partial charge in [0.1, 0.15) is 17.7 Å². The lowest BCUT2D eigenvalue weighted by Crippen LogP contribution is -2.03. The van der Waals surface area contributed by atoms with E-state index in [0.717, 1.165) is 0 Å². The van der Waals surface area contributed by atoms with Crippen LogP contribution in [0.4, 0.5) is 8.78 Å². The van der Waals surface area contributed by atoms with Crippen molar-refractivity contribution in [1.82, 2.24) is 0 Å². The van der Waals surface area contributed by atoms with Crippen molar-refractivity contribution in [2.45, 2.75) is 6.10 Å². The molecule has 88 valence electrons. The second-order valence-electron chi connectivity index (χ2n) is 3.62. The Bertz CT molecular complexity index is 543. The number of halogens is 3. The molecule has 0 spiro atoms. The Hall–Kier alpha value is -1.26. The average molecular weight is 299 g/mol. The summed E-state index contributed by atoms with van der Waals surface area (Å²) in [7, 11) is 0. The quantitative estimate of drug-likeness (QED) is 0.894. The Labute approximate surface area is 106 Å². The number of benzene rings is 2. The van der Waals surface area contributed by atoms with Crippen molar-refractivity contribution in [2.75, 3.05) is 0 Å². The molecule has 2 aromatic carbocycles. The van der Waals surface area contributed by atoms with Crippen LogP contribution in [0.15, 0.2) is 46.9 Å². The van der Waals surface area contributed by atoms with Gasteiger partial charge in [-0.05, 0) is 35.9 Å². The summed E-state index contributed by atoms with van der Waals surface area (Å²) in [6.07, 6.45) is -1.18.